The van der Waals surface area contributed by atoms with Crippen LogP contribution in [0.15, 0.2) is 28.7 Å². The van der Waals surface area contributed by atoms with Gasteiger partial charge in [0.15, 0.2) is 0 Å². The molecule has 1 unspecified atom stereocenters. The molecule has 0 bridgehead atoms. The van der Waals surface area contributed by atoms with Crippen molar-refractivity contribution in [3.63, 3.8) is 0 Å². The Hall–Kier alpha value is -0.980. The van der Waals surface area contributed by atoms with E-state index in [1.807, 2.05) is 38.2 Å². The zero-order valence-electron chi connectivity index (χ0n) is 10.3. The fraction of sp³-hybridized carbons (Fsp3) is 0.333. The number of rotatable bonds is 5. The monoisotopic (exact) mass is 329 g/mol. The minimum atomic E-state index is -0.103. The fourth-order valence-corrected chi connectivity index (χ4v) is 1.93. The molecule has 1 aromatic rings. The number of carbonyl (C=O) groups is 1. The van der Waals surface area contributed by atoms with Crippen LogP contribution in [-0.2, 0) is 4.79 Å². The quantitative estimate of drug-likeness (QED) is 0.811. The number of nitrogens with one attached hydrogen (secondary N) is 1. The van der Waals surface area contributed by atoms with E-state index in [0.717, 1.165) is 10.2 Å². The van der Waals surface area contributed by atoms with Gasteiger partial charge >= 0.3 is 0 Å². The molecule has 1 atom stereocenters. The zero-order chi connectivity index (χ0) is 13.7. The lowest BCUT2D eigenvalue weighted by Gasteiger charge is -2.22. The molecular weight excluding hydrogens is 314 g/mol. The highest BCUT2D eigenvalue weighted by atomic mass is 79.9. The molecule has 0 aliphatic heterocycles. The van der Waals surface area contributed by atoms with E-state index in [4.69, 9.17) is 18.0 Å². The predicted molar refractivity (Wildman–Crippen MR) is 81.6 cm³/mol. The van der Waals surface area contributed by atoms with Crippen LogP contribution in [0.5, 0.6) is 0 Å². The van der Waals surface area contributed by atoms with Gasteiger partial charge in [-0.1, -0.05) is 34.2 Å². The summed E-state index contributed by atoms with van der Waals surface area (Å²) in [5.41, 5.74) is 6.29. The first-order chi connectivity index (χ1) is 8.40. The number of thiocarbonyl (C=S) groups is 1. The first-order valence-electron chi connectivity index (χ1n) is 5.45. The Kier molecular flexibility index (Phi) is 5.71. The second kappa shape index (κ2) is 6.82. The molecule has 1 amide bonds. The number of nitrogens with two attached hydrogens (primary N) is 1. The molecule has 98 valence electrons. The van der Waals surface area contributed by atoms with Gasteiger partial charge in [-0.2, -0.15) is 0 Å². The highest BCUT2D eigenvalue weighted by Crippen LogP contribution is 2.15. The van der Waals surface area contributed by atoms with E-state index in [9.17, 15) is 4.79 Å². The van der Waals surface area contributed by atoms with Gasteiger partial charge in [0.05, 0.1) is 17.6 Å². The molecule has 0 heterocycles. The first kappa shape index (κ1) is 15.1. The number of carbonyl (C=O) groups excluding carboxylic acids is 1. The summed E-state index contributed by atoms with van der Waals surface area (Å²) in [7, 11) is 1.81. The van der Waals surface area contributed by atoms with E-state index in [1.54, 1.807) is 4.90 Å². The molecule has 0 spiro atoms. The normalized spacial score (nSPS) is 12.2. The highest BCUT2D eigenvalue weighted by Gasteiger charge is 2.15. The van der Waals surface area contributed by atoms with E-state index < -0.39 is 0 Å². The van der Waals surface area contributed by atoms with Gasteiger partial charge in [-0.05, 0) is 32.2 Å². The SMILES string of the molecule is CC(C(N)=S)N(C)CC(=O)Nc1cccc(Br)c1. The summed E-state index contributed by atoms with van der Waals surface area (Å²) >= 11 is 8.24. The Morgan fingerprint density at radius 3 is 2.83 bits per heavy atom. The molecule has 4 nitrogen and oxygen atoms in total. The average molecular weight is 330 g/mol. The van der Waals surface area contributed by atoms with E-state index >= 15 is 0 Å². The van der Waals surface area contributed by atoms with Crippen molar-refractivity contribution in [2.24, 2.45) is 5.73 Å². The topological polar surface area (TPSA) is 58.4 Å². The molecule has 0 saturated heterocycles. The van der Waals surface area contributed by atoms with Crippen LogP contribution in [0.3, 0.4) is 0 Å². The number of anilines is 1. The summed E-state index contributed by atoms with van der Waals surface area (Å²) < 4.78 is 0.921. The number of likely N-dealkylation sites (N-methyl/N-ethyl adjacent to an activating group) is 1. The van der Waals surface area contributed by atoms with Crippen LogP contribution in [0.2, 0.25) is 0 Å². The lowest BCUT2D eigenvalue weighted by molar-refractivity contribution is -0.117. The van der Waals surface area contributed by atoms with Gasteiger partial charge in [-0.25, -0.2) is 0 Å². The van der Waals surface area contributed by atoms with Gasteiger partial charge in [0, 0.05) is 10.2 Å². The standard InChI is InChI=1S/C12H16BrN3OS/c1-8(12(14)18)16(2)7-11(17)15-10-5-3-4-9(13)6-10/h3-6,8H,7H2,1-2H3,(H2,14,18)(H,15,17). The van der Waals surface area contributed by atoms with Crippen LogP contribution in [0, 0.1) is 0 Å². The number of hydrogen-bond acceptors (Lipinski definition) is 3. The molecule has 1 aromatic carbocycles. The van der Waals surface area contributed by atoms with E-state index in [1.165, 1.54) is 0 Å². The number of benzene rings is 1. The highest BCUT2D eigenvalue weighted by molar-refractivity contribution is 9.10. The van der Waals surface area contributed by atoms with E-state index in [-0.39, 0.29) is 18.5 Å². The maximum atomic E-state index is 11.8. The van der Waals surface area contributed by atoms with Crippen molar-refractivity contribution in [3.05, 3.63) is 28.7 Å². The molecule has 3 N–H and O–H groups in total. The second-order valence-electron chi connectivity index (χ2n) is 4.05. The Morgan fingerprint density at radius 2 is 2.28 bits per heavy atom. The maximum Gasteiger partial charge on any atom is 0.238 e. The number of nitrogens with zero attached hydrogens (tertiary/aromatic N) is 1. The Balaban J connectivity index is 2.54. The van der Waals surface area contributed by atoms with Gasteiger partial charge in [0.1, 0.15) is 0 Å². The van der Waals surface area contributed by atoms with Crippen LogP contribution in [0.1, 0.15) is 6.92 Å². The Morgan fingerprint density at radius 1 is 1.61 bits per heavy atom. The van der Waals surface area contributed by atoms with Crippen molar-refractivity contribution >= 4 is 44.7 Å². The number of halogens is 1. The molecule has 18 heavy (non-hydrogen) atoms. The van der Waals surface area contributed by atoms with Gasteiger partial charge in [-0.15, -0.1) is 0 Å². The molecule has 6 heteroatoms. The van der Waals surface area contributed by atoms with E-state index in [0.29, 0.717) is 4.99 Å². The van der Waals surface area contributed by atoms with Crippen molar-refractivity contribution in [2.75, 3.05) is 18.9 Å². The third kappa shape index (κ3) is 4.72. The Bertz CT molecular complexity index is 453. The maximum absolute atomic E-state index is 11.8. The summed E-state index contributed by atoms with van der Waals surface area (Å²) in [6.45, 7) is 2.11. The van der Waals surface area contributed by atoms with Crippen LogP contribution >= 0.6 is 28.1 Å². The molecule has 1 rings (SSSR count). The number of amides is 1. The second-order valence-corrected chi connectivity index (χ2v) is 5.44. The van der Waals surface area contributed by atoms with Crippen molar-refractivity contribution in [1.82, 2.24) is 4.90 Å². The fourth-order valence-electron chi connectivity index (χ4n) is 1.35. The van der Waals surface area contributed by atoms with Crippen LogP contribution in [0.25, 0.3) is 0 Å². The van der Waals surface area contributed by atoms with Crippen LogP contribution < -0.4 is 11.1 Å². The molecule has 0 aliphatic carbocycles. The van der Waals surface area contributed by atoms with Crippen molar-refractivity contribution in [1.29, 1.82) is 0 Å². The van der Waals surface area contributed by atoms with Crippen molar-refractivity contribution < 1.29 is 4.79 Å². The average Bonchev–Trinajstić information content (AvgIpc) is 2.27. The first-order valence-corrected chi connectivity index (χ1v) is 6.65. The summed E-state index contributed by atoms with van der Waals surface area (Å²) in [5, 5.41) is 2.81. The number of hydrogen-bond donors (Lipinski definition) is 2. The lowest BCUT2D eigenvalue weighted by Crippen LogP contribution is -2.43. The van der Waals surface area contributed by atoms with E-state index in [2.05, 4.69) is 21.2 Å². The predicted octanol–water partition coefficient (Wildman–Crippen LogP) is 1.99. The zero-order valence-corrected chi connectivity index (χ0v) is 12.7. The minimum Gasteiger partial charge on any atom is -0.392 e. The third-order valence-electron chi connectivity index (χ3n) is 2.57. The Labute approximate surface area is 121 Å². The lowest BCUT2D eigenvalue weighted by atomic mass is 10.3. The van der Waals surface area contributed by atoms with Crippen molar-refractivity contribution in [3.8, 4) is 0 Å². The van der Waals surface area contributed by atoms with Crippen LogP contribution in [-0.4, -0.2) is 35.4 Å². The summed E-state index contributed by atoms with van der Waals surface area (Å²) in [6, 6.07) is 7.33. The van der Waals surface area contributed by atoms with Gasteiger partial charge in [0.2, 0.25) is 5.91 Å². The molecule has 0 aromatic heterocycles. The summed E-state index contributed by atoms with van der Waals surface area (Å²) in [4.78, 5) is 14.0. The minimum absolute atomic E-state index is 0.0984. The van der Waals surface area contributed by atoms with Gasteiger partial charge in [-0.3, -0.25) is 9.69 Å². The molecule has 0 saturated carbocycles. The van der Waals surface area contributed by atoms with Gasteiger partial charge in [0.25, 0.3) is 0 Å². The molecule has 0 fully saturated rings. The summed E-state index contributed by atoms with van der Waals surface area (Å²) in [6.07, 6.45) is 0. The van der Waals surface area contributed by atoms with Crippen molar-refractivity contribution in [2.45, 2.75) is 13.0 Å². The molecule has 0 aliphatic rings. The molecular formula is C12H16BrN3OS. The summed E-state index contributed by atoms with van der Waals surface area (Å²) in [5.74, 6) is -0.0984. The van der Waals surface area contributed by atoms with Crippen LogP contribution in [0.4, 0.5) is 5.69 Å². The van der Waals surface area contributed by atoms with Gasteiger partial charge < -0.3 is 11.1 Å². The molecule has 0 radical (unpaired) electrons. The largest absolute Gasteiger partial charge is 0.392 e. The third-order valence-corrected chi connectivity index (χ3v) is 3.41. The smallest absolute Gasteiger partial charge is 0.238 e.